The topological polar surface area (TPSA) is 53.1 Å². The van der Waals surface area contributed by atoms with Crippen molar-refractivity contribution in [2.45, 2.75) is 13.3 Å². The summed E-state index contributed by atoms with van der Waals surface area (Å²) in [6.07, 6.45) is 0.0882. The maximum atomic E-state index is 14.1. The summed E-state index contributed by atoms with van der Waals surface area (Å²) in [5.74, 6) is -3.68. The maximum absolute atomic E-state index is 14.1. The minimum absolute atomic E-state index is 0.0882. The summed E-state index contributed by atoms with van der Waals surface area (Å²) in [4.78, 5) is 14.1. The zero-order valence-electron chi connectivity index (χ0n) is 12.7. The van der Waals surface area contributed by atoms with Crippen LogP contribution in [0.1, 0.15) is 12.5 Å². The van der Waals surface area contributed by atoms with Crippen molar-refractivity contribution in [3.05, 3.63) is 59.4 Å². The quantitative estimate of drug-likeness (QED) is 0.738. The summed E-state index contributed by atoms with van der Waals surface area (Å²) in [6.45, 7) is 1.52. The molecule has 0 aliphatic rings. The van der Waals surface area contributed by atoms with Crippen LogP contribution >= 0.6 is 0 Å². The van der Waals surface area contributed by atoms with Crippen molar-refractivity contribution in [3.63, 3.8) is 0 Å². The van der Waals surface area contributed by atoms with Crippen LogP contribution in [-0.2, 0) is 11.2 Å². The first-order valence-electron chi connectivity index (χ1n) is 7.35. The van der Waals surface area contributed by atoms with E-state index in [1.807, 2.05) is 0 Å². The smallest absolute Gasteiger partial charge is 0.306 e. The van der Waals surface area contributed by atoms with E-state index in [0.717, 1.165) is 6.07 Å². The number of carbonyl (C=O) groups is 1. The highest BCUT2D eigenvalue weighted by Gasteiger charge is 2.21. The monoisotopic (exact) mass is 333 g/mol. The lowest BCUT2D eigenvalue weighted by Crippen LogP contribution is -2.12. The molecular formula is C18H14F3NO2. The average Bonchev–Trinajstić information content (AvgIpc) is 2.87. The molecule has 3 rings (SSSR count). The molecule has 3 nitrogen and oxygen atoms in total. The average molecular weight is 333 g/mol. The lowest BCUT2D eigenvalue weighted by molar-refractivity contribution is -0.141. The molecule has 0 amide bonds. The third kappa shape index (κ3) is 2.87. The molecule has 6 heteroatoms. The highest BCUT2D eigenvalue weighted by molar-refractivity contribution is 5.91. The van der Waals surface area contributed by atoms with Crippen molar-refractivity contribution in [3.8, 4) is 11.3 Å². The Kier molecular flexibility index (Phi) is 4.05. The van der Waals surface area contributed by atoms with Gasteiger partial charge in [0.15, 0.2) is 0 Å². The normalized spacial score (nSPS) is 12.5. The number of hydrogen-bond acceptors (Lipinski definition) is 1. The van der Waals surface area contributed by atoms with E-state index in [2.05, 4.69) is 4.98 Å². The zero-order chi connectivity index (χ0) is 17.4. The summed E-state index contributed by atoms with van der Waals surface area (Å²) in [5, 5.41) is 9.44. The van der Waals surface area contributed by atoms with Crippen LogP contribution < -0.4 is 0 Å². The Morgan fingerprint density at radius 2 is 1.79 bits per heavy atom. The molecule has 2 aromatic carbocycles. The van der Waals surface area contributed by atoms with Gasteiger partial charge in [0.05, 0.1) is 11.4 Å². The van der Waals surface area contributed by atoms with Gasteiger partial charge < -0.3 is 10.1 Å². The number of hydrogen-bond donors (Lipinski definition) is 2. The van der Waals surface area contributed by atoms with Gasteiger partial charge in [-0.05, 0) is 47.9 Å². The Hall–Kier alpha value is -2.76. The molecule has 1 aromatic heterocycles. The van der Waals surface area contributed by atoms with E-state index in [0.29, 0.717) is 22.2 Å². The Morgan fingerprint density at radius 3 is 2.42 bits per heavy atom. The number of carboxylic acid groups (broad SMARTS) is 1. The fourth-order valence-corrected chi connectivity index (χ4v) is 2.74. The van der Waals surface area contributed by atoms with Gasteiger partial charge in [-0.1, -0.05) is 6.92 Å². The fourth-order valence-electron chi connectivity index (χ4n) is 2.74. The molecule has 1 unspecified atom stereocenters. The summed E-state index contributed by atoms with van der Waals surface area (Å²) in [7, 11) is 0. The fraction of sp³-hybridized carbons (Fsp3) is 0.167. The molecule has 0 radical (unpaired) electrons. The number of H-pyrrole nitrogens is 1. The van der Waals surface area contributed by atoms with Crippen molar-refractivity contribution in [2.24, 2.45) is 5.92 Å². The van der Waals surface area contributed by atoms with E-state index < -0.39 is 29.3 Å². The number of nitrogens with one attached hydrogen (secondary N) is 1. The summed E-state index contributed by atoms with van der Waals surface area (Å²) >= 11 is 0. The van der Waals surface area contributed by atoms with Crippen LogP contribution in [0.5, 0.6) is 0 Å². The predicted octanol–water partition coefficient (Wildman–Crippen LogP) is 4.52. The van der Waals surface area contributed by atoms with Crippen LogP contribution in [0.4, 0.5) is 13.2 Å². The van der Waals surface area contributed by atoms with Crippen LogP contribution in [-0.4, -0.2) is 16.1 Å². The van der Waals surface area contributed by atoms with Crippen LogP contribution in [0.3, 0.4) is 0 Å². The highest BCUT2D eigenvalue weighted by Crippen LogP contribution is 2.34. The Morgan fingerprint density at radius 1 is 1.12 bits per heavy atom. The molecule has 0 bridgehead atoms. The third-order valence-corrected chi connectivity index (χ3v) is 4.00. The second-order valence-electron chi connectivity index (χ2n) is 5.74. The van der Waals surface area contributed by atoms with Crippen molar-refractivity contribution in [1.29, 1.82) is 0 Å². The highest BCUT2D eigenvalue weighted by atomic mass is 19.1. The molecule has 0 aliphatic heterocycles. The summed E-state index contributed by atoms with van der Waals surface area (Å²) in [5.41, 5.74) is 1.62. The lowest BCUT2D eigenvalue weighted by Gasteiger charge is -2.09. The van der Waals surface area contributed by atoms with E-state index in [4.69, 9.17) is 5.11 Å². The predicted molar refractivity (Wildman–Crippen MR) is 84.1 cm³/mol. The van der Waals surface area contributed by atoms with Gasteiger partial charge in [-0.3, -0.25) is 4.79 Å². The Labute approximate surface area is 135 Å². The van der Waals surface area contributed by atoms with E-state index in [-0.39, 0.29) is 11.9 Å². The molecule has 124 valence electrons. The maximum Gasteiger partial charge on any atom is 0.306 e. The number of rotatable bonds is 4. The lowest BCUT2D eigenvalue weighted by atomic mass is 9.96. The number of halogens is 3. The Bertz CT molecular complexity index is 916. The first kappa shape index (κ1) is 16.1. The van der Waals surface area contributed by atoms with Crippen molar-refractivity contribution < 1.29 is 23.1 Å². The van der Waals surface area contributed by atoms with E-state index in [9.17, 15) is 18.0 Å². The van der Waals surface area contributed by atoms with Gasteiger partial charge in [-0.2, -0.15) is 0 Å². The molecule has 1 atom stereocenters. The first-order valence-corrected chi connectivity index (χ1v) is 7.35. The number of aromatic amines is 1. The number of carboxylic acids is 1. The largest absolute Gasteiger partial charge is 0.481 e. The van der Waals surface area contributed by atoms with Gasteiger partial charge >= 0.3 is 5.97 Å². The second-order valence-corrected chi connectivity index (χ2v) is 5.74. The van der Waals surface area contributed by atoms with Crippen molar-refractivity contribution in [1.82, 2.24) is 4.98 Å². The number of benzene rings is 2. The van der Waals surface area contributed by atoms with Crippen LogP contribution in [0.2, 0.25) is 0 Å². The van der Waals surface area contributed by atoms with E-state index in [1.165, 1.54) is 37.3 Å². The number of aliphatic carboxylic acids is 1. The van der Waals surface area contributed by atoms with Gasteiger partial charge in [-0.25, -0.2) is 13.2 Å². The SMILES string of the molecule is CC(Cc1c(-c2ccc(F)cc2)[nH]c2c(F)cc(F)cc12)C(=O)O. The van der Waals surface area contributed by atoms with Crippen LogP contribution in [0, 0.1) is 23.4 Å². The summed E-state index contributed by atoms with van der Waals surface area (Å²) < 4.78 is 40.8. The zero-order valence-corrected chi connectivity index (χ0v) is 12.7. The van der Waals surface area contributed by atoms with Crippen LogP contribution in [0.15, 0.2) is 36.4 Å². The molecule has 0 aliphatic carbocycles. The van der Waals surface area contributed by atoms with E-state index in [1.54, 1.807) is 0 Å². The standard InChI is InChI=1S/C18H14F3NO2/c1-9(18(23)24)6-13-14-7-12(20)8-15(21)17(14)22-16(13)10-2-4-11(19)5-3-10/h2-5,7-9,22H,6H2,1H3,(H,23,24). The molecule has 0 saturated carbocycles. The third-order valence-electron chi connectivity index (χ3n) is 4.00. The second kappa shape index (κ2) is 6.03. The molecule has 1 heterocycles. The minimum atomic E-state index is -1.01. The molecule has 0 saturated heterocycles. The molecule has 3 aromatic rings. The van der Waals surface area contributed by atoms with Gasteiger partial charge in [0.1, 0.15) is 17.5 Å². The first-order chi connectivity index (χ1) is 11.4. The minimum Gasteiger partial charge on any atom is -0.481 e. The molecule has 0 fully saturated rings. The summed E-state index contributed by atoms with van der Waals surface area (Å²) in [6, 6.07) is 7.44. The van der Waals surface area contributed by atoms with E-state index >= 15 is 0 Å². The van der Waals surface area contributed by atoms with Gasteiger partial charge in [0.2, 0.25) is 0 Å². The molecule has 0 spiro atoms. The molecule has 2 N–H and O–H groups in total. The molecular weight excluding hydrogens is 319 g/mol. The molecule has 24 heavy (non-hydrogen) atoms. The Balaban J connectivity index is 2.24. The van der Waals surface area contributed by atoms with Gasteiger partial charge in [0, 0.05) is 17.1 Å². The number of aromatic nitrogens is 1. The number of fused-ring (bicyclic) bond motifs is 1. The van der Waals surface area contributed by atoms with Crippen molar-refractivity contribution >= 4 is 16.9 Å². The van der Waals surface area contributed by atoms with Crippen molar-refractivity contribution in [2.75, 3.05) is 0 Å². The van der Waals surface area contributed by atoms with Gasteiger partial charge in [0.25, 0.3) is 0 Å². The van der Waals surface area contributed by atoms with Gasteiger partial charge in [-0.15, -0.1) is 0 Å². The van der Waals surface area contributed by atoms with Crippen LogP contribution in [0.25, 0.3) is 22.2 Å².